The van der Waals surface area contributed by atoms with Crippen LogP contribution in [0.4, 0.5) is 0 Å². The summed E-state index contributed by atoms with van der Waals surface area (Å²) in [6.45, 7) is 4.59. The first-order chi connectivity index (χ1) is 8.13. The molecular formula is C13H18N2O2. The summed E-state index contributed by atoms with van der Waals surface area (Å²) in [7, 11) is 0. The molecule has 0 spiro atoms. The second-order valence-electron chi connectivity index (χ2n) is 4.48. The number of amides is 1. The van der Waals surface area contributed by atoms with Gasteiger partial charge in [-0.15, -0.1) is 4.91 Å². The van der Waals surface area contributed by atoms with E-state index < -0.39 is 11.9 Å². The summed E-state index contributed by atoms with van der Waals surface area (Å²) < 4.78 is 0. The minimum atomic E-state index is -0.616. The van der Waals surface area contributed by atoms with Crippen molar-refractivity contribution in [3.05, 3.63) is 40.8 Å². The molecule has 17 heavy (non-hydrogen) atoms. The van der Waals surface area contributed by atoms with Crippen molar-refractivity contribution in [2.24, 2.45) is 11.1 Å². The second-order valence-corrected chi connectivity index (χ2v) is 4.48. The van der Waals surface area contributed by atoms with Crippen molar-refractivity contribution < 1.29 is 4.79 Å². The highest BCUT2D eigenvalue weighted by Crippen LogP contribution is 2.07. The van der Waals surface area contributed by atoms with Crippen LogP contribution in [0.25, 0.3) is 0 Å². The SMILES string of the molecule is CC(C)C[C@@H](NCc1ccccc1)C(=O)N=O. The first-order valence-electron chi connectivity index (χ1n) is 5.78. The minimum absolute atomic E-state index is 0.342. The monoisotopic (exact) mass is 234 g/mol. The molecule has 0 aliphatic carbocycles. The third-order valence-electron chi connectivity index (χ3n) is 2.49. The molecule has 0 saturated heterocycles. The molecule has 1 amide bonds. The summed E-state index contributed by atoms with van der Waals surface area (Å²) in [5, 5.41) is 5.58. The van der Waals surface area contributed by atoms with Crippen LogP contribution in [0.15, 0.2) is 35.5 Å². The van der Waals surface area contributed by atoms with Gasteiger partial charge in [-0.25, -0.2) is 0 Å². The van der Waals surface area contributed by atoms with Gasteiger partial charge in [-0.2, -0.15) is 0 Å². The zero-order valence-corrected chi connectivity index (χ0v) is 10.2. The summed E-state index contributed by atoms with van der Waals surface area (Å²) in [6.07, 6.45) is 0.622. The summed E-state index contributed by atoms with van der Waals surface area (Å²) in [5.41, 5.74) is 1.08. The fourth-order valence-corrected chi connectivity index (χ4v) is 1.64. The molecule has 4 heteroatoms. The molecule has 0 heterocycles. The lowest BCUT2D eigenvalue weighted by atomic mass is 10.0. The average Bonchev–Trinajstić information content (AvgIpc) is 2.34. The molecule has 0 aliphatic rings. The Kier molecular flexibility index (Phi) is 5.49. The van der Waals surface area contributed by atoms with Crippen LogP contribution >= 0.6 is 0 Å². The normalized spacial score (nSPS) is 12.4. The number of nitrogens with zero attached hydrogens (tertiary/aromatic N) is 1. The maximum atomic E-state index is 11.3. The number of carbonyl (C=O) groups is 1. The molecule has 1 aromatic rings. The van der Waals surface area contributed by atoms with Gasteiger partial charge in [0.2, 0.25) is 0 Å². The van der Waals surface area contributed by atoms with E-state index >= 15 is 0 Å². The van der Waals surface area contributed by atoms with Gasteiger partial charge in [0.25, 0.3) is 0 Å². The van der Waals surface area contributed by atoms with Crippen LogP contribution in [0.5, 0.6) is 0 Å². The third-order valence-corrected chi connectivity index (χ3v) is 2.49. The van der Waals surface area contributed by atoms with Crippen molar-refractivity contribution in [2.75, 3.05) is 0 Å². The number of nitrogens with one attached hydrogen (secondary N) is 1. The van der Waals surface area contributed by atoms with E-state index in [-0.39, 0.29) is 0 Å². The van der Waals surface area contributed by atoms with Crippen LogP contribution in [-0.4, -0.2) is 11.9 Å². The van der Waals surface area contributed by atoms with Gasteiger partial charge in [0.15, 0.2) is 0 Å². The van der Waals surface area contributed by atoms with Crippen LogP contribution in [-0.2, 0) is 11.3 Å². The molecule has 0 fully saturated rings. The number of rotatable bonds is 6. The van der Waals surface area contributed by atoms with Crippen LogP contribution in [0.1, 0.15) is 25.8 Å². The van der Waals surface area contributed by atoms with Crippen LogP contribution in [0, 0.1) is 10.8 Å². The molecule has 0 bridgehead atoms. The third kappa shape index (κ3) is 4.87. The summed E-state index contributed by atoms with van der Waals surface area (Å²) in [5.74, 6) is -0.274. The number of hydrogen-bond donors (Lipinski definition) is 1. The number of benzene rings is 1. The number of hydrogen-bond acceptors (Lipinski definition) is 3. The zero-order valence-electron chi connectivity index (χ0n) is 10.2. The van der Waals surface area contributed by atoms with Crippen molar-refractivity contribution in [1.82, 2.24) is 5.32 Å². The first kappa shape index (κ1) is 13.5. The van der Waals surface area contributed by atoms with Gasteiger partial charge in [-0.1, -0.05) is 44.2 Å². The molecule has 0 radical (unpaired) electrons. The summed E-state index contributed by atoms with van der Waals surface area (Å²) in [4.78, 5) is 21.6. The van der Waals surface area contributed by atoms with E-state index in [0.717, 1.165) is 5.56 Å². The topological polar surface area (TPSA) is 58.5 Å². The van der Waals surface area contributed by atoms with E-state index in [1.54, 1.807) is 0 Å². The van der Waals surface area contributed by atoms with E-state index in [1.807, 2.05) is 44.2 Å². The van der Waals surface area contributed by atoms with Gasteiger partial charge >= 0.3 is 5.91 Å². The molecular weight excluding hydrogens is 216 g/mol. The van der Waals surface area contributed by atoms with Gasteiger partial charge in [0.1, 0.15) is 0 Å². The number of nitroso groups, excluding NO2 is 1. The Balaban J connectivity index is 2.55. The van der Waals surface area contributed by atoms with Crippen molar-refractivity contribution in [1.29, 1.82) is 0 Å². The van der Waals surface area contributed by atoms with Crippen LogP contribution in [0.3, 0.4) is 0 Å². The summed E-state index contributed by atoms with van der Waals surface area (Å²) in [6, 6.07) is 9.28. The Hall–Kier alpha value is -1.55. The Labute approximate surface area is 101 Å². The van der Waals surface area contributed by atoms with E-state index in [9.17, 15) is 9.70 Å². The molecule has 0 saturated carbocycles. The molecule has 0 aliphatic heterocycles. The maximum absolute atomic E-state index is 11.3. The Morgan fingerprint density at radius 3 is 2.47 bits per heavy atom. The smallest absolute Gasteiger partial charge is 0.302 e. The largest absolute Gasteiger partial charge is 0.303 e. The first-order valence-corrected chi connectivity index (χ1v) is 5.78. The average molecular weight is 234 g/mol. The van der Waals surface area contributed by atoms with Gasteiger partial charge in [0, 0.05) is 11.7 Å². The highest BCUT2D eigenvalue weighted by atomic mass is 16.3. The zero-order chi connectivity index (χ0) is 12.7. The molecule has 0 aromatic heterocycles. The second kappa shape index (κ2) is 6.91. The van der Waals surface area contributed by atoms with Gasteiger partial charge in [-0.3, -0.25) is 4.79 Å². The lowest BCUT2D eigenvalue weighted by Crippen LogP contribution is -2.36. The van der Waals surface area contributed by atoms with Gasteiger partial charge in [0.05, 0.1) is 6.04 Å². The fourth-order valence-electron chi connectivity index (χ4n) is 1.64. The van der Waals surface area contributed by atoms with Gasteiger partial charge in [-0.05, 0) is 17.9 Å². The van der Waals surface area contributed by atoms with Crippen molar-refractivity contribution in [3.63, 3.8) is 0 Å². The predicted octanol–water partition coefficient (Wildman–Crippen LogP) is 2.48. The van der Waals surface area contributed by atoms with E-state index in [2.05, 4.69) is 10.5 Å². The molecule has 4 nitrogen and oxygen atoms in total. The van der Waals surface area contributed by atoms with Crippen molar-refractivity contribution in [2.45, 2.75) is 32.9 Å². The number of carbonyl (C=O) groups excluding carboxylic acids is 1. The van der Waals surface area contributed by atoms with Crippen LogP contribution in [0.2, 0.25) is 0 Å². The lowest BCUT2D eigenvalue weighted by molar-refractivity contribution is -0.120. The van der Waals surface area contributed by atoms with E-state index in [1.165, 1.54) is 0 Å². The Morgan fingerprint density at radius 2 is 1.94 bits per heavy atom. The molecule has 1 atom stereocenters. The minimum Gasteiger partial charge on any atom is -0.302 e. The van der Waals surface area contributed by atoms with Crippen LogP contribution < -0.4 is 5.32 Å². The molecule has 1 aromatic carbocycles. The molecule has 92 valence electrons. The Morgan fingerprint density at radius 1 is 1.29 bits per heavy atom. The summed E-state index contributed by atoms with van der Waals surface area (Å²) >= 11 is 0. The van der Waals surface area contributed by atoms with Crippen molar-refractivity contribution in [3.8, 4) is 0 Å². The Bertz CT molecular complexity index is 363. The van der Waals surface area contributed by atoms with E-state index in [0.29, 0.717) is 18.9 Å². The lowest BCUT2D eigenvalue weighted by Gasteiger charge is -2.16. The standard InChI is InChI=1S/C13H18N2O2/c1-10(2)8-12(13(16)15-17)14-9-11-6-4-3-5-7-11/h3-7,10,12,14H,8-9H2,1-2H3/t12-/m1/s1. The maximum Gasteiger partial charge on any atom is 0.303 e. The molecule has 1 rings (SSSR count). The fraction of sp³-hybridized carbons (Fsp3) is 0.462. The molecule has 0 unspecified atom stereocenters. The highest BCUT2D eigenvalue weighted by Gasteiger charge is 2.19. The predicted molar refractivity (Wildman–Crippen MR) is 67.3 cm³/mol. The molecule has 1 N–H and O–H groups in total. The highest BCUT2D eigenvalue weighted by molar-refractivity contribution is 5.82. The van der Waals surface area contributed by atoms with Gasteiger partial charge < -0.3 is 5.32 Å². The van der Waals surface area contributed by atoms with Crippen molar-refractivity contribution >= 4 is 5.91 Å². The quantitative estimate of drug-likeness (QED) is 0.769. The van der Waals surface area contributed by atoms with E-state index in [4.69, 9.17) is 0 Å².